The van der Waals surface area contributed by atoms with Crippen LogP contribution >= 0.6 is 0 Å². The molecule has 0 saturated heterocycles. The van der Waals surface area contributed by atoms with E-state index in [-0.39, 0.29) is 6.41 Å². The smallest absolute Gasteiger partial charge is 0.258 e. The van der Waals surface area contributed by atoms with Gasteiger partial charge in [-0.05, 0) is 0 Å². The Morgan fingerprint density at radius 1 is 2.00 bits per heavy atom. The largest absolute Gasteiger partial charge is 0.337 e. The molecule has 0 bridgehead atoms. The standard InChI is InChI=1S/C4H7NO2/c1-6-4-5-2-3-7-4/h2,4H,3H2,1H3. The van der Waals surface area contributed by atoms with Crippen LogP contribution in [0, 0.1) is 0 Å². The summed E-state index contributed by atoms with van der Waals surface area (Å²) in [6.07, 6.45) is 1.36. The number of ether oxygens (including phenoxy) is 2. The second-order valence-electron chi connectivity index (χ2n) is 1.21. The van der Waals surface area contributed by atoms with Gasteiger partial charge in [-0.25, -0.2) is 4.99 Å². The molecule has 0 aromatic rings. The van der Waals surface area contributed by atoms with Crippen LogP contribution in [0.15, 0.2) is 4.99 Å². The number of nitrogens with zero attached hydrogens (tertiary/aromatic N) is 1. The molecule has 1 atom stereocenters. The topological polar surface area (TPSA) is 30.8 Å². The monoisotopic (exact) mass is 101 g/mol. The van der Waals surface area contributed by atoms with Crippen molar-refractivity contribution < 1.29 is 9.47 Å². The summed E-state index contributed by atoms with van der Waals surface area (Å²) in [7, 11) is 1.56. The zero-order valence-corrected chi connectivity index (χ0v) is 4.13. The average molecular weight is 101 g/mol. The summed E-state index contributed by atoms with van der Waals surface area (Å²) >= 11 is 0. The second-order valence-corrected chi connectivity index (χ2v) is 1.21. The molecule has 3 nitrogen and oxygen atoms in total. The predicted octanol–water partition coefficient (Wildman–Crippen LogP) is 0.0174. The Bertz CT molecular complexity index is 81.8. The van der Waals surface area contributed by atoms with Crippen molar-refractivity contribution in [1.82, 2.24) is 0 Å². The minimum atomic E-state index is -0.333. The van der Waals surface area contributed by atoms with Gasteiger partial charge in [0, 0.05) is 13.3 Å². The molecule has 0 radical (unpaired) electrons. The first-order chi connectivity index (χ1) is 3.43. The normalized spacial score (nSPS) is 29.0. The van der Waals surface area contributed by atoms with Crippen molar-refractivity contribution in [2.24, 2.45) is 4.99 Å². The molecule has 1 heterocycles. The number of methoxy groups -OCH3 is 1. The van der Waals surface area contributed by atoms with E-state index in [9.17, 15) is 0 Å². The molecule has 0 amide bonds. The van der Waals surface area contributed by atoms with Crippen LogP contribution in [0.2, 0.25) is 0 Å². The molecule has 0 aromatic carbocycles. The van der Waals surface area contributed by atoms with Gasteiger partial charge in [-0.1, -0.05) is 0 Å². The van der Waals surface area contributed by atoms with Crippen LogP contribution in [0.1, 0.15) is 0 Å². The van der Waals surface area contributed by atoms with Crippen LogP contribution < -0.4 is 0 Å². The van der Waals surface area contributed by atoms with Crippen LogP contribution in [0.5, 0.6) is 0 Å². The summed E-state index contributed by atoms with van der Waals surface area (Å²) in [5.74, 6) is 0. The lowest BCUT2D eigenvalue weighted by molar-refractivity contribution is -0.0914. The Balaban J connectivity index is 2.28. The molecule has 40 valence electrons. The summed E-state index contributed by atoms with van der Waals surface area (Å²) in [6, 6.07) is 0. The fraction of sp³-hybridized carbons (Fsp3) is 0.750. The van der Waals surface area contributed by atoms with Crippen LogP contribution in [0.25, 0.3) is 0 Å². The summed E-state index contributed by atoms with van der Waals surface area (Å²) in [5.41, 5.74) is 0. The van der Waals surface area contributed by atoms with Gasteiger partial charge in [-0.2, -0.15) is 0 Å². The van der Waals surface area contributed by atoms with Gasteiger partial charge in [-0.3, -0.25) is 0 Å². The van der Waals surface area contributed by atoms with Crippen molar-refractivity contribution >= 4 is 6.21 Å². The lowest BCUT2D eigenvalue weighted by atomic mass is 10.8. The Morgan fingerprint density at radius 2 is 2.86 bits per heavy atom. The summed E-state index contributed by atoms with van der Waals surface area (Å²) in [5, 5.41) is 0. The van der Waals surface area contributed by atoms with Crippen molar-refractivity contribution in [3.63, 3.8) is 0 Å². The Labute approximate surface area is 42.0 Å². The minimum Gasteiger partial charge on any atom is -0.337 e. The third-order valence-corrected chi connectivity index (χ3v) is 0.742. The summed E-state index contributed by atoms with van der Waals surface area (Å²) in [4.78, 5) is 3.78. The zero-order chi connectivity index (χ0) is 5.11. The molecule has 0 aromatic heterocycles. The van der Waals surface area contributed by atoms with Gasteiger partial charge in [0.15, 0.2) is 0 Å². The van der Waals surface area contributed by atoms with Crippen molar-refractivity contribution in [2.75, 3.05) is 13.7 Å². The van der Waals surface area contributed by atoms with Crippen molar-refractivity contribution in [1.29, 1.82) is 0 Å². The average Bonchev–Trinajstić information content (AvgIpc) is 2.14. The Hall–Kier alpha value is -0.410. The minimum absolute atomic E-state index is 0.333. The SMILES string of the molecule is COC1N=CCO1. The first-order valence-electron chi connectivity index (χ1n) is 2.09. The lowest BCUT2D eigenvalue weighted by Crippen LogP contribution is -2.05. The van der Waals surface area contributed by atoms with E-state index in [1.165, 1.54) is 0 Å². The van der Waals surface area contributed by atoms with Gasteiger partial charge in [0.25, 0.3) is 6.41 Å². The number of hydrogen-bond donors (Lipinski definition) is 0. The molecule has 7 heavy (non-hydrogen) atoms. The van der Waals surface area contributed by atoms with Crippen LogP contribution in [0.3, 0.4) is 0 Å². The third kappa shape index (κ3) is 0.976. The van der Waals surface area contributed by atoms with Crippen molar-refractivity contribution in [3.8, 4) is 0 Å². The molecule has 0 fully saturated rings. The molecule has 1 rings (SSSR count). The van der Waals surface area contributed by atoms with Gasteiger partial charge in [0.05, 0.1) is 6.61 Å². The number of rotatable bonds is 1. The Kier molecular flexibility index (Phi) is 1.38. The van der Waals surface area contributed by atoms with E-state index in [1.807, 2.05) is 0 Å². The maximum absolute atomic E-state index is 4.86. The van der Waals surface area contributed by atoms with Crippen LogP contribution in [-0.2, 0) is 9.47 Å². The molecule has 1 unspecified atom stereocenters. The molecule has 0 N–H and O–H groups in total. The molecular weight excluding hydrogens is 94.0 g/mol. The van der Waals surface area contributed by atoms with E-state index in [4.69, 9.17) is 9.47 Å². The molecular formula is C4H7NO2. The first kappa shape index (κ1) is 4.74. The first-order valence-corrected chi connectivity index (χ1v) is 2.09. The maximum Gasteiger partial charge on any atom is 0.258 e. The predicted molar refractivity (Wildman–Crippen MR) is 25.2 cm³/mol. The fourth-order valence-electron chi connectivity index (χ4n) is 0.426. The summed E-state index contributed by atoms with van der Waals surface area (Å²) < 4.78 is 9.55. The quantitative estimate of drug-likeness (QED) is 0.466. The molecule has 1 aliphatic heterocycles. The fourth-order valence-corrected chi connectivity index (χ4v) is 0.426. The van der Waals surface area contributed by atoms with E-state index >= 15 is 0 Å². The van der Waals surface area contributed by atoms with E-state index in [2.05, 4.69) is 4.99 Å². The van der Waals surface area contributed by atoms with Gasteiger partial charge in [-0.15, -0.1) is 0 Å². The molecule has 1 aliphatic rings. The molecule has 0 aliphatic carbocycles. The van der Waals surface area contributed by atoms with Crippen LogP contribution in [-0.4, -0.2) is 26.3 Å². The number of aliphatic imine (C=N–C) groups is 1. The zero-order valence-electron chi connectivity index (χ0n) is 4.13. The van der Waals surface area contributed by atoms with E-state index < -0.39 is 0 Å². The second kappa shape index (κ2) is 2.04. The van der Waals surface area contributed by atoms with Gasteiger partial charge in [0.2, 0.25) is 0 Å². The van der Waals surface area contributed by atoms with Gasteiger partial charge < -0.3 is 9.47 Å². The highest BCUT2D eigenvalue weighted by molar-refractivity contribution is 5.59. The molecule has 0 saturated carbocycles. The van der Waals surface area contributed by atoms with Gasteiger partial charge in [0.1, 0.15) is 0 Å². The van der Waals surface area contributed by atoms with Crippen LogP contribution in [0.4, 0.5) is 0 Å². The summed E-state index contributed by atoms with van der Waals surface area (Å²) in [6.45, 7) is 0.582. The van der Waals surface area contributed by atoms with E-state index in [0.717, 1.165) is 0 Å². The molecule has 3 heteroatoms. The highest BCUT2D eigenvalue weighted by Crippen LogP contribution is 1.97. The number of hydrogen-bond acceptors (Lipinski definition) is 3. The highest BCUT2D eigenvalue weighted by Gasteiger charge is 2.05. The molecule has 0 spiro atoms. The Morgan fingerprint density at radius 3 is 3.14 bits per heavy atom. The van der Waals surface area contributed by atoms with Crippen molar-refractivity contribution in [2.45, 2.75) is 6.41 Å². The maximum atomic E-state index is 4.86. The van der Waals surface area contributed by atoms with Gasteiger partial charge >= 0.3 is 0 Å². The van der Waals surface area contributed by atoms with E-state index in [1.54, 1.807) is 13.3 Å². The van der Waals surface area contributed by atoms with E-state index in [0.29, 0.717) is 6.61 Å². The lowest BCUT2D eigenvalue weighted by Gasteiger charge is -2.00. The van der Waals surface area contributed by atoms with Crippen molar-refractivity contribution in [3.05, 3.63) is 0 Å². The third-order valence-electron chi connectivity index (χ3n) is 0.742. The highest BCUT2D eigenvalue weighted by atomic mass is 16.7.